The number of nitrogens with two attached hydrogens (primary N) is 1. The lowest BCUT2D eigenvalue weighted by Gasteiger charge is -2.29. The zero-order valence-electron chi connectivity index (χ0n) is 11.6. The van der Waals surface area contributed by atoms with Crippen LogP contribution in [-0.2, 0) is 4.79 Å². The van der Waals surface area contributed by atoms with Crippen molar-refractivity contribution >= 4 is 33.5 Å². The Bertz CT molecular complexity index is 503. The molecule has 0 aromatic heterocycles. The fraction of sp³-hybridized carbons (Fsp3) is 0.429. The van der Waals surface area contributed by atoms with Crippen molar-refractivity contribution in [3.05, 3.63) is 28.2 Å². The van der Waals surface area contributed by atoms with Crippen molar-refractivity contribution in [2.45, 2.75) is 32.7 Å². The molecule has 1 aromatic rings. The summed E-state index contributed by atoms with van der Waals surface area (Å²) in [6.45, 7) is 4.72. The van der Waals surface area contributed by atoms with E-state index in [0.29, 0.717) is 23.0 Å². The second-order valence-corrected chi connectivity index (χ2v) is 5.67. The molecule has 0 aliphatic rings. The van der Waals surface area contributed by atoms with Crippen LogP contribution in [0.2, 0.25) is 0 Å². The van der Waals surface area contributed by atoms with Gasteiger partial charge in [-0.2, -0.15) is 0 Å². The van der Waals surface area contributed by atoms with E-state index in [1.807, 2.05) is 26.0 Å². The molecule has 0 heterocycles. The number of anilines is 1. The van der Waals surface area contributed by atoms with E-state index in [2.05, 4.69) is 20.8 Å². The Morgan fingerprint density at radius 2 is 2.05 bits per heavy atom. The van der Waals surface area contributed by atoms with Crippen LogP contribution in [0.3, 0.4) is 0 Å². The zero-order valence-corrected chi connectivity index (χ0v) is 13.2. The van der Waals surface area contributed by atoms with Crippen LogP contribution in [0.15, 0.2) is 22.7 Å². The summed E-state index contributed by atoms with van der Waals surface area (Å²) in [4.78, 5) is 23.9. The number of carbonyl (C=O) groups excluding carboxylic acids is 1. The van der Waals surface area contributed by atoms with Gasteiger partial charge in [-0.05, 0) is 54.4 Å². The number of primary amides is 1. The Morgan fingerprint density at radius 3 is 2.50 bits per heavy atom. The fourth-order valence-electron chi connectivity index (χ4n) is 1.97. The number of rotatable bonds is 7. The van der Waals surface area contributed by atoms with Crippen LogP contribution in [-0.4, -0.2) is 29.6 Å². The quantitative estimate of drug-likeness (QED) is 0.797. The van der Waals surface area contributed by atoms with Gasteiger partial charge in [0, 0.05) is 29.2 Å². The molecule has 0 bridgehead atoms. The van der Waals surface area contributed by atoms with E-state index in [1.165, 1.54) is 0 Å². The Labute approximate surface area is 126 Å². The molecular weight excluding hydrogens is 324 g/mol. The number of carboxylic acids is 1. The van der Waals surface area contributed by atoms with Crippen LogP contribution in [0.4, 0.5) is 5.69 Å². The van der Waals surface area contributed by atoms with Crippen molar-refractivity contribution in [3.63, 3.8) is 0 Å². The molecule has 0 unspecified atom stereocenters. The summed E-state index contributed by atoms with van der Waals surface area (Å²) in [5, 5.41) is 8.70. The summed E-state index contributed by atoms with van der Waals surface area (Å²) in [5.41, 5.74) is 6.63. The van der Waals surface area contributed by atoms with Crippen molar-refractivity contribution < 1.29 is 14.7 Å². The molecule has 0 saturated heterocycles. The van der Waals surface area contributed by atoms with E-state index in [-0.39, 0.29) is 12.5 Å². The minimum absolute atomic E-state index is 0.143. The van der Waals surface area contributed by atoms with E-state index in [0.717, 1.165) is 5.69 Å². The molecule has 1 aromatic carbocycles. The average molecular weight is 343 g/mol. The molecule has 0 radical (unpaired) electrons. The Kier molecular flexibility index (Phi) is 6.01. The van der Waals surface area contributed by atoms with Gasteiger partial charge in [0.15, 0.2) is 0 Å². The van der Waals surface area contributed by atoms with Gasteiger partial charge >= 0.3 is 5.97 Å². The summed E-state index contributed by atoms with van der Waals surface area (Å²) >= 11 is 3.33. The van der Waals surface area contributed by atoms with Gasteiger partial charge in [0.2, 0.25) is 5.91 Å². The average Bonchev–Trinajstić information content (AvgIpc) is 2.33. The second-order valence-electron chi connectivity index (χ2n) is 4.81. The number of amides is 1. The third-order valence-corrected chi connectivity index (χ3v) is 3.62. The maximum Gasteiger partial charge on any atom is 0.303 e. The van der Waals surface area contributed by atoms with Gasteiger partial charge < -0.3 is 15.7 Å². The molecule has 6 heteroatoms. The fourth-order valence-corrected chi connectivity index (χ4v) is 2.53. The maximum absolute atomic E-state index is 11.2. The standard InChI is InChI=1S/C14H19BrN2O3/c1-9(2)17(7-3-4-13(18)19)10-5-6-11(14(16)20)12(15)8-10/h5-6,8-9H,3-4,7H2,1-2H3,(H2,16,20)(H,18,19). The summed E-state index contributed by atoms with van der Waals surface area (Å²) in [5.74, 6) is -1.27. The van der Waals surface area contributed by atoms with Crippen molar-refractivity contribution in [2.75, 3.05) is 11.4 Å². The topological polar surface area (TPSA) is 83.6 Å². The molecule has 1 rings (SSSR count). The molecule has 0 fully saturated rings. The first-order valence-corrected chi connectivity index (χ1v) is 7.20. The van der Waals surface area contributed by atoms with Crippen molar-refractivity contribution in [3.8, 4) is 0 Å². The highest BCUT2D eigenvalue weighted by Crippen LogP contribution is 2.25. The summed E-state index contributed by atoms with van der Waals surface area (Å²) in [6.07, 6.45) is 0.715. The molecule has 5 nitrogen and oxygen atoms in total. The highest BCUT2D eigenvalue weighted by Gasteiger charge is 2.14. The molecule has 0 aliphatic carbocycles. The molecule has 0 spiro atoms. The normalized spacial score (nSPS) is 10.6. The third kappa shape index (κ3) is 4.52. The van der Waals surface area contributed by atoms with Gasteiger partial charge in [0.25, 0.3) is 0 Å². The lowest BCUT2D eigenvalue weighted by Crippen LogP contribution is -2.32. The smallest absolute Gasteiger partial charge is 0.303 e. The van der Waals surface area contributed by atoms with Crippen molar-refractivity contribution in [2.24, 2.45) is 5.73 Å². The van der Waals surface area contributed by atoms with Crippen molar-refractivity contribution in [1.82, 2.24) is 0 Å². The number of benzene rings is 1. The van der Waals surface area contributed by atoms with Gasteiger partial charge in [-0.3, -0.25) is 9.59 Å². The van der Waals surface area contributed by atoms with Crippen LogP contribution >= 0.6 is 15.9 Å². The number of hydrogen-bond donors (Lipinski definition) is 2. The number of hydrogen-bond acceptors (Lipinski definition) is 3. The first kappa shape index (κ1) is 16.5. The minimum atomic E-state index is -0.793. The zero-order chi connectivity index (χ0) is 15.3. The first-order valence-electron chi connectivity index (χ1n) is 6.40. The van der Waals surface area contributed by atoms with Gasteiger partial charge in [-0.1, -0.05) is 0 Å². The summed E-state index contributed by atoms with van der Waals surface area (Å²) < 4.78 is 0.645. The highest BCUT2D eigenvalue weighted by atomic mass is 79.9. The van der Waals surface area contributed by atoms with Crippen LogP contribution in [0.5, 0.6) is 0 Å². The van der Waals surface area contributed by atoms with Crippen molar-refractivity contribution in [1.29, 1.82) is 0 Å². The molecule has 110 valence electrons. The van der Waals surface area contributed by atoms with Gasteiger partial charge in [-0.15, -0.1) is 0 Å². The lowest BCUT2D eigenvalue weighted by atomic mass is 10.1. The predicted molar refractivity (Wildman–Crippen MR) is 82.0 cm³/mol. The largest absolute Gasteiger partial charge is 0.481 e. The molecule has 1 amide bonds. The molecular formula is C14H19BrN2O3. The SMILES string of the molecule is CC(C)N(CCCC(=O)O)c1ccc(C(N)=O)c(Br)c1. The Balaban J connectivity index is 2.89. The molecule has 0 atom stereocenters. The van der Waals surface area contributed by atoms with Gasteiger partial charge in [0.1, 0.15) is 0 Å². The van der Waals surface area contributed by atoms with E-state index < -0.39 is 11.9 Å². The predicted octanol–water partition coefficient (Wildman–Crippen LogP) is 2.63. The molecule has 0 saturated carbocycles. The van der Waals surface area contributed by atoms with E-state index in [9.17, 15) is 9.59 Å². The van der Waals surface area contributed by atoms with Gasteiger partial charge in [-0.25, -0.2) is 0 Å². The summed E-state index contributed by atoms with van der Waals surface area (Å²) in [7, 11) is 0. The molecule has 3 N–H and O–H groups in total. The van der Waals surface area contributed by atoms with E-state index in [1.54, 1.807) is 6.07 Å². The monoisotopic (exact) mass is 342 g/mol. The van der Waals surface area contributed by atoms with Crippen LogP contribution in [0.25, 0.3) is 0 Å². The van der Waals surface area contributed by atoms with E-state index in [4.69, 9.17) is 10.8 Å². The summed E-state index contributed by atoms with van der Waals surface area (Å²) in [6, 6.07) is 5.57. The molecule has 20 heavy (non-hydrogen) atoms. The lowest BCUT2D eigenvalue weighted by molar-refractivity contribution is -0.137. The minimum Gasteiger partial charge on any atom is -0.481 e. The second kappa shape index (κ2) is 7.28. The van der Waals surface area contributed by atoms with Gasteiger partial charge in [0.05, 0.1) is 5.56 Å². The number of halogens is 1. The maximum atomic E-state index is 11.2. The van der Waals surface area contributed by atoms with Crippen LogP contribution in [0, 0.1) is 0 Å². The Hall–Kier alpha value is -1.56. The van der Waals surface area contributed by atoms with Crippen LogP contribution in [0.1, 0.15) is 37.0 Å². The van der Waals surface area contributed by atoms with E-state index >= 15 is 0 Å². The highest BCUT2D eigenvalue weighted by molar-refractivity contribution is 9.10. The first-order chi connectivity index (χ1) is 9.32. The third-order valence-electron chi connectivity index (χ3n) is 2.96. The number of nitrogens with zero attached hydrogens (tertiary/aromatic N) is 1. The number of carbonyl (C=O) groups is 2. The number of aliphatic carboxylic acids is 1. The van der Waals surface area contributed by atoms with Crippen LogP contribution < -0.4 is 10.6 Å². The number of carboxylic acid groups (broad SMARTS) is 1. The molecule has 0 aliphatic heterocycles. The Morgan fingerprint density at radius 1 is 1.40 bits per heavy atom.